The Morgan fingerprint density at radius 2 is 2.04 bits per heavy atom. The first kappa shape index (κ1) is 20.1. The minimum Gasteiger partial charge on any atom is -0.494 e. The van der Waals surface area contributed by atoms with Crippen molar-refractivity contribution in [3.05, 3.63) is 59.7 Å². The lowest BCUT2D eigenvalue weighted by Crippen LogP contribution is -2.29. The van der Waals surface area contributed by atoms with E-state index in [1.165, 1.54) is 12.4 Å². The largest absolute Gasteiger partial charge is 0.494 e. The molecular weight excluding hydrogens is 340 g/mol. The van der Waals surface area contributed by atoms with E-state index in [2.05, 4.69) is 29.1 Å². The van der Waals surface area contributed by atoms with Crippen LogP contribution in [0.25, 0.3) is 6.08 Å². The van der Waals surface area contributed by atoms with Gasteiger partial charge in [-0.3, -0.25) is 4.79 Å². The van der Waals surface area contributed by atoms with Gasteiger partial charge in [0.2, 0.25) is 0 Å². The number of hydrogen-bond acceptors (Lipinski definition) is 5. The molecule has 0 bridgehead atoms. The van der Waals surface area contributed by atoms with E-state index in [9.17, 15) is 10.1 Å². The van der Waals surface area contributed by atoms with Gasteiger partial charge in [0.05, 0.1) is 18.3 Å². The van der Waals surface area contributed by atoms with Crippen molar-refractivity contribution in [1.29, 1.82) is 5.26 Å². The van der Waals surface area contributed by atoms with Crippen LogP contribution in [0.2, 0.25) is 0 Å². The first-order valence-corrected chi connectivity index (χ1v) is 9.09. The number of benzene rings is 1. The van der Waals surface area contributed by atoms with Gasteiger partial charge in [0.15, 0.2) is 0 Å². The first-order valence-electron chi connectivity index (χ1n) is 9.09. The minimum absolute atomic E-state index is 0.0118. The molecule has 0 aliphatic rings. The van der Waals surface area contributed by atoms with Crippen molar-refractivity contribution in [3.8, 4) is 11.8 Å². The summed E-state index contributed by atoms with van der Waals surface area (Å²) in [6.45, 7) is 4.79. The molecule has 2 rings (SSSR count). The van der Waals surface area contributed by atoms with Crippen LogP contribution in [0.5, 0.6) is 5.75 Å². The van der Waals surface area contributed by atoms with Crippen LogP contribution in [0.3, 0.4) is 0 Å². The molecule has 1 unspecified atom stereocenters. The Bertz CT molecular complexity index is 795. The number of amides is 1. The fraction of sp³-hybridized carbons (Fsp3) is 0.333. The lowest BCUT2D eigenvalue weighted by Gasteiger charge is -2.19. The summed E-state index contributed by atoms with van der Waals surface area (Å²) in [5, 5.41) is 12.3. The molecule has 1 heterocycles. The van der Waals surface area contributed by atoms with Gasteiger partial charge >= 0.3 is 0 Å². The second-order valence-electron chi connectivity index (χ2n) is 6.04. The molecule has 6 nitrogen and oxygen atoms in total. The zero-order chi connectivity index (χ0) is 19.5. The molecule has 2 aromatic rings. The molecule has 0 fully saturated rings. The van der Waals surface area contributed by atoms with Crippen molar-refractivity contribution >= 4 is 12.0 Å². The monoisotopic (exact) mass is 364 g/mol. The predicted octanol–water partition coefficient (Wildman–Crippen LogP) is 3.83. The average molecular weight is 364 g/mol. The maximum atomic E-state index is 12.6. The zero-order valence-corrected chi connectivity index (χ0v) is 15.7. The molecule has 1 aromatic carbocycles. The molecule has 1 atom stereocenters. The summed E-state index contributed by atoms with van der Waals surface area (Å²) in [5.74, 6) is 0.393. The van der Waals surface area contributed by atoms with Crippen LogP contribution in [0.4, 0.5) is 0 Å². The number of carbonyl (C=O) groups is 1. The highest BCUT2D eigenvalue weighted by molar-refractivity contribution is 6.01. The highest BCUT2D eigenvalue weighted by Gasteiger charge is 2.17. The van der Waals surface area contributed by atoms with Crippen molar-refractivity contribution in [2.75, 3.05) is 6.61 Å². The van der Waals surface area contributed by atoms with E-state index in [1.807, 2.05) is 30.3 Å². The summed E-state index contributed by atoms with van der Waals surface area (Å²) < 4.78 is 5.60. The van der Waals surface area contributed by atoms with E-state index in [1.54, 1.807) is 12.3 Å². The first-order chi connectivity index (χ1) is 13.2. The van der Waals surface area contributed by atoms with Crippen molar-refractivity contribution in [2.45, 2.75) is 39.2 Å². The summed E-state index contributed by atoms with van der Waals surface area (Å²) in [6.07, 6.45) is 7.02. The summed E-state index contributed by atoms with van der Waals surface area (Å²) in [6, 6.07) is 11.1. The minimum atomic E-state index is -0.416. The van der Waals surface area contributed by atoms with Gasteiger partial charge in [0.1, 0.15) is 23.7 Å². The van der Waals surface area contributed by atoms with Gasteiger partial charge in [0, 0.05) is 6.20 Å². The third-order valence-electron chi connectivity index (χ3n) is 3.90. The molecule has 27 heavy (non-hydrogen) atoms. The van der Waals surface area contributed by atoms with Crippen molar-refractivity contribution < 1.29 is 9.53 Å². The maximum Gasteiger partial charge on any atom is 0.262 e. The van der Waals surface area contributed by atoms with Crippen molar-refractivity contribution in [2.24, 2.45) is 0 Å². The Kier molecular flexibility index (Phi) is 7.98. The summed E-state index contributed by atoms with van der Waals surface area (Å²) in [7, 11) is 0. The smallest absolute Gasteiger partial charge is 0.262 e. The summed E-state index contributed by atoms with van der Waals surface area (Å²) in [5.41, 5.74) is 1.51. The van der Waals surface area contributed by atoms with Gasteiger partial charge in [-0.05, 0) is 42.7 Å². The molecule has 0 saturated carbocycles. The van der Waals surface area contributed by atoms with Gasteiger partial charge in [-0.25, -0.2) is 9.97 Å². The van der Waals surface area contributed by atoms with E-state index < -0.39 is 5.91 Å². The van der Waals surface area contributed by atoms with Crippen LogP contribution in [-0.2, 0) is 4.79 Å². The highest BCUT2D eigenvalue weighted by atomic mass is 16.5. The number of nitrogens with one attached hydrogen (secondary N) is 1. The van der Waals surface area contributed by atoms with Gasteiger partial charge in [-0.1, -0.05) is 32.4 Å². The SMILES string of the molecule is CCCOc1ccc(C(CCC)NC(=O)/C(C#N)=C/c2ccncn2)cc1. The molecule has 1 N–H and O–H groups in total. The summed E-state index contributed by atoms with van der Waals surface area (Å²) in [4.78, 5) is 20.4. The lowest BCUT2D eigenvalue weighted by atomic mass is 10.0. The molecule has 140 valence electrons. The molecule has 0 saturated heterocycles. The van der Waals surface area contributed by atoms with Crippen LogP contribution in [-0.4, -0.2) is 22.5 Å². The molecule has 1 aromatic heterocycles. The Hall–Kier alpha value is -3.20. The van der Waals surface area contributed by atoms with Gasteiger partial charge in [0.25, 0.3) is 5.91 Å². The number of ether oxygens (including phenoxy) is 1. The van der Waals surface area contributed by atoms with Crippen LogP contribution in [0.1, 0.15) is 50.4 Å². The number of nitriles is 1. The number of hydrogen-bond donors (Lipinski definition) is 1. The highest BCUT2D eigenvalue weighted by Crippen LogP contribution is 2.22. The molecule has 0 aliphatic carbocycles. The number of rotatable bonds is 9. The maximum absolute atomic E-state index is 12.6. The number of aromatic nitrogens is 2. The molecular formula is C21H24N4O2. The van der Waals surface area contributed by atoms with Crippen molar-refractivity contribution in [1.82, 2.24) is 15.3 Å². The van der Waals surface area contributed by atoms with Gasteiger partial charge in [-0.15, -0.1) is 0 Å². The van der Waals surface area contributed by atoms with E-state index in [0.717, 1.165) is 30.6 Å². The summed E-state index contributed by atoms with van der Waals surface area (Å²) >= 11 is 0. The average Bonchev–Trinajstić information content (AvgIpc) is 2.71. The fourth-order valence-electron chi connectivity index (χ4n) is 2.55. The van der Waals surface area contributed by atoms with Crippen LogP contribution in [0, 0.1) is 11.3 Å². The molecule has 0 spiro atoms. The third kappa shape index (κ3) is 6.23. The topological polar surface area (TPSA) is 87.9 Å². The molecule has 0 radical (unpaired) electrons. The van der Waals surface area contributed by atoms with Gasteiger partial charge in [-0.2, -0.15) is 5.26 Å². The lowest BCUT2D eigenvalue weighted by molar-refractivity contribution is -0.117. The quantitative estimate of drug-likeness (QED) is 0.540. The Labute approximate surface area is 159 Å². The standard InChI is InChI=1S/C21H24N4O2/c1-3-5-20(16-6-8-19(9-7-16)27-12-4-2)25-21(26)17(14-22)13-18-10-11-23-15-24-18/h6-11,13,15,20H,3-5,12H2,1-2H3,(H,25,26)/b17-13+. The molecule has 0 aliphatic heterocycles. The van der Waals surface area contributed by atoms with E-state index in [-0.39, 0.29) is 11.6 Å². The van der Waals surface area contributed by atoms with Crippen molar-refractivity contribution in [3.63, 3.8) is 0 Å². The number of carbonyl (C=O) groups excluding carboxylic acids is 1. The second kappa shape index (κ2) is 10.7. The normalized spacial score (nSPS) is 12.1. The van der Waals surface area contributed by atoms with E-state index >= 15 is 0 Å². The number of nitrogens with zero attached hydrogens (tertiary/aromatic N) is 3. The van der Waals surface area contributed by atoms with Crippen LogP contribution in [0.15, 0.2) is 48.4 Å². The van der Waals surface area contributed by atoms with E-state index in [0.29, 0.717) is 12.3 Å². The molecule has 1 amide bonds. The van der Waals surface area contributed by atoms with Crippen LogP contribution >= 0.6 is 0 Å². The Morgan fingerprint density at radius 1 is 1.26 bits per heavy atom. The predicted molar refractivity (Wildman–Crippen MR) is 104 cm³/mol. The third-order valence-corrected chi connectivity index (χ3v) is 3.90. The zero-order valence-electron chi connectivity index (χ0n) is 15.7. The van der Waals surface area contributed by atoms with E-state index in [4.69, 9.17) is 4.74 Å². The fourth-order valence-corrected chi connectivity index (χ4v) is 2.55. The Morgan fingerprint density at radius 3 is 2.63 bits per heavy atom. The van der Waals surface area contributed by atoms with Crippen LogP contribution < -0.4 is 10.1 Å². The van der Waals surface area contributed by atoms with Gasteiger partial charge < -0.3 is 10.1 Å². The molecule has 6 heteroatoms. The second-order valence-corrected chi connectivity index (χ2v) is 6.04. The Balaban J connectivity index is 2.13.